The molecule has 0 aliphatic carbocycles. The Morgan fingerprint density at radius 3 is 2.76 bits per heavy atom. The highest BCUT2D eigenvalue weighted by Crippen LogP contribution is 2.18. The molecule has 1 rings (SSSR count). The smallest absolute Gasteiger partial charge is 0.310 e. The van der Waals surface area contributed by atoms with Gasteiger partial charge in [0.1, 0.15) is 5.82 Å². The summed E-state index contributed by atoms with van der Waals surface area (Å²) in [4.78, 5) is 11.3. The molecular formula is C12H13FN2O2. The molecule has 0 saturated heterocycles. The van der Waals surface area contributed by atoms with Gasteiger partial charge in [-0.25, -0.2) is 4.39 Å². The first-order valence-corrected chi connectivity index (χ1v) is 5.20. The molecule has 4 nitrogen and oxygen atoms in total. The summed E-state index contributed by atoms with van der Waals surface area (Å²) in [6, 6.07) is 4.43. The minimum Gasteiger partial charge on any atom is -0.466 e. The lowest BCUT2D eigenvalue weighted by Gasteiger charge is -2.10. The highest BCUT2D eigenvalue weighted by Gasteiger charge is 2.16. The Morgan fingerprint density at radius 2 is 2.24 bits per heavy atom. The van der Waals surface area contributed by atoms with Crippen LogP contribution in [-0.2, 0) is 22.5 Å². The number of nitrogens with zero attached hydrogens (tertiary/aromatic N) is 1. The van der Waals surface area contributed by atoms with Crippen LogP contribution in [-0.4, -0.2) is 12.6 Å². The lowest BCUT2D eigenvalue weighted by atomic mass is 9.99. The molecule has 0 unspecified atom stereocenters. The highest BCUT2D eigenvalue weighted by molar-refractivity contribution is 5.73. The van der Waals surface area contributed by atoms with E-state index in [9.17, 15) is 9.18 Å². The Bertz CT molecular complexity index is 466. The fourth-order valence-electron chi connectivity index (χ4n) is 1.55. The van der Waals surface area contributed by atoms with Crippen molar-refractivity contribution in [1.29, 1.82) is 5.26 Å². The van der Waals surface area contributed by atoms with Crippen LogP contribution in [0.2, 0.25) is 0 Å². The van der Waals surface area contributed by atoms with Crippen molar-refractivity contribution >= 4 is 5.97 Å². The van der Waals surface area contributed by atoms with Crippen LogP contribution in [0.1, 0.15) is 23.6 Å². The van der Waals surface area contributed by atoms with Crippen molar-refractivity contribution < 1.29 is 13.9 Å². The fraction of sp³-hybridized carbons (Fsp3) is 0.333. The second kappa shape index (κ2) is 5.97. The summed E-state index contributed by atoms with van der Waals surface area (Å²) >= 11 is 0. The number of carbonyl (C=O) groups excluding carboxylic acids is 1. The number of hydrogen-bond acceptors (Lipinski definition) is 4. The highest BCUT2D eigenvalue weighted by atomic mass is 19.1. The topological polar surface area (TPSA) is 76.1 Å². The largest absolute Gasteiger partial charge is 0.466 e. The minimum absolute atomic E-state index is 0.00932. The van der Waals surface area contributed by atoms with Crippen molar-refractivity contribution in [3.8, 4) is 6.07 Å². The summed E-state index contributed by atoms with van der Waals surface area (Å²) in [5.41, 5.74) is 6.27. The lowest BCUT2D eigenvalue weighted by Crippen LogP contribution is -2.14. The number of nitrogens with two attached hydrogens (primary N) is 1. The standard InChI is InChI=1S/C12H13FN2O2/c1-2-17-12(16)5-9-10(7-15)8(6-14)3-4-11(9)13/h3-4H,2,5,7,15H2,1H3. The first-order chi connectivity index (χ1) is 8.13. The molecular weight excluding hydrogens is 223 g/mol. The van der Waals surface area contributed by atoms with Crippen LogP contribution in [0.4, 0.5) is 4.39 Å². The lowest BCUT2D eigenvalue weighted by molar-refractivity contribution is -0.142. The number of rotatable bonds is 4. The van der Waals surface area contributed by atoms with E-state index in [4.69, 9.17) is 15.7 Å². The number of halogens is 1. The van der Waals surface area contributed by atoms with Crippen molar-refractivity contribution in [2.24, 2.45) is 5.73 Å². The third-order valence-electron chi connectivity index (χ3n) is 2.33. The molecule has 0 aromatic heterocycles. The quantitative estimate of drug-likeness (QED) is 0.798. The number of hydrogen-bond donors (Lipinski definition) is 1. The molecule has 1 aromatic carbocycles. The molecule has 0 bridgehead atoms. The molecule has 0 fully saturated rings. The minimum atomic E-state index is -0.544. The molecule has 5 heteroatoms. The van der Waals surface area contributed by atoms with Gasteiger partial charge in [0.05, 0.1) is 24.7 Å². The molecule has 0 saturated carbocycles. The molecule has 0 aliphatic heterocycles. The SMILES string of the molecule is CCOC(=O)Cc1c(F)ccc(C#N)c1CN. The van der Waals surface area contributed by atoms with Crippen LogP contribution in [0.5, 0.6) is 0 Å². The summed E-state index contributed by atoms with van der Waals surface area (Å²) < 4.78 is 18.3. The van der Waals surface area contributed by atoms with Crippen LogP contribution in [0.25, 0.3) is 0 Å². The number of esters is 1. The summed E-state index contributed by atoms with van der Waals surface area (Å²) in [7, 11) is 0. The van der Waals surface area contributed by atoms with Gasteiger partial charge in [0, 0.05) is 12.1 Å². The first kappa shape index (κ1) is 13.1. The zero-order chi connectivity index (χ0) is 12.8. The van der Waals surface area contributed by atoms with E-state index >= 15 is 0 Å². The van der Waals surface area contributed by atoms with E-state index in [1.165, 1.54) is 6.07 Å². The van der Waals surface area contributed by atoms with E-state index < -0.39 is 11.8 Å². The van der Waals surface area contributed by atoms with Gasteiger partial charge in [-0.1, -0.05) is 0 Å². The van der Waals surface area contributed by atoms with Crippen molar-refractivity contribution in [2.75, 3.05) is 6.61 Å². The van der Waals surface area contributed by atoms with Gasteiger partial charge < -0.3 is 10.5 Å². The number of nitriles is 1. The average Bonchev–Trinajstić information content (AvgIpc) is 2.31. The van der Waals surface area contributed by atoms with Crippen LogP contribution in [0, 0.1) is 17.1 Å². The Hall–Kier alpha value is -1.93. The van der Waals surface area contributed by atoms with Gasteiger partial charge in [-0.15, -0.1) is 0 Å². The fourth-order valence-corrected chi connectivity index (χ4v) is 1.55. The van der Waals surface area contributed by atoms with Gasteiger partial charge in [-0.2, -0.15) is 5.26 Å². The maximum absolute atomic E-state index is 13.6. The first-order valence-electron chi connectivity index (χ1n) is 5.20. The van der Waals surface area contributed by atoms with E-state index in [0.717, 1.165) is 6.07 Å². The molecule has 17 heavy (non-hydrogen) atoms. The van der Waals surface area contributed by atoms with Gasteiger partial charge in [-0.05, 0) is 24.6 Å². The van der Waals surface area contributed by atoms with Crippen molar-refractivity contribution in [1.82, 2.24) is 0 Å². The summed E-state index contributed by atoms with van der Waals surface area (Å²) in [5.74, 6) is -1.08. The molecule has 2 N–H and O–H groups in total. The normalized spacial score (nSPS) is 9.76. The van der Waals surface area contributed by atoms with E-state index in [-0.39, 0.29) is 30.7 Å². The molecule has 0 spiro atoms. The number of ether oxygens (including phenoxy) is 1. The average molecular weight is 236 g/mol. The monoisotopic (exact) mass is 236 g/mol. The van der Waals surface area contributed by atoms with Crippen molar-refractivity contribution in [3.63, 3.8) is 0 Å². The van der Waals surface area contributed by atoms with Gasteiger partial charge in [0.15, 0.2) is 0 Å². The van der Waals surface area contributed by atoms with Crippen LogP contribution < -0.4 is 5.73 Å². The van der Waals surface area contributed by atoms with Crippen molar-refractivity contribution in [2.45, 2.75) is 19.9 Å². The number of benzene rings is 1. The second-order valence-corrected chi connectivity index (χ2v) is 3.35. The summed E-state index contributed by atoms with van der Waals surface area (Å²) in [5, 5.41) is 8.86. The molecule has 0 heterocycles. The molecule has 0 aliphatic rings. The van der Waals surface area contributed by atoms with Crippen LogP contribution >= 0.6 is 0 Å². The predicted octanol–water partition coefficient (Wildman–Crippen LogP) is 1.26. The van der Waals surface area contributed by atoms with Gasteiger partial charge in [-0.3, -0.25) is 4.79 Å². The maximum Gasteiger partial charge on any atom is 0.310 e. The Kier molecular flexibility index (Phi) is 4.61. The Labute approximate surface area is 98.8 Å². The molecule has 0 radical (unpaired) electrons. The van der Waals surface area contributed by atoms with Crippen molar-refractivity contribution in [3.05, 3.63) is 34.6 Å². The van der Waals surface area contributed by atoms with Crippen LogP contribution in [0.3, 0.4) is 0 Å². The third-order valence-corrected chi connectivity index (χ3v) is 2.33. The summed E-state index contributed by atoms with van der Waals surface area (Å²) in [6.07, 6.45) is -0.207. The van der Waals surface area contributed by atoms with Crippen LogP contribution in [0.15, 0.2) is 12.1 Å². The van der Waals surface area contributed by atoms with Gasteiger partial charge in [0.25, 0.3) is 0 Å². The predicted molar refractivity (Wildman–Crippen MR) is 59.3 cm³/mol. The third kappa shape index (κ3) is 3.02. The molecule has 0 amide bonds. The van der Waals surface area contributed by atoms with E-state index in [1.807, 2.05) is 6.07 Å². The maximum atomic E-state index is 13.6. The summed E-state index contributed by atoms with van der Waals surface area (Å²) in [6.45, 7) is 1.91. The molecule has 0 atom stereocenters. The van der Waals surface area contributed by atoms with Gasteiger partial charge in [0.2, 0.25) is 0 Å². The number of carbonyl (C=O) groups is 1. The molecule has 1 aromatic rings. The van der Waals surface area contributed by atoms with E-state index in [0.29, 0.717) is 5.56 Å². The molecule has 90 valence electrons. The second-order valence-electron chi connectivity index (χ2n) is 3.35. The Balaban J connectivity index is 3.13. The Morgan fingerprint density at radius 1 is 1.53 bits per heavy atom. The zero-order valence-electron chi connectivity index (χ0n) is 9.50. The zero-order valence-corrected chi connectivity index (χ0v) is 9.50. The van der Waals surface area contributed by atoms with E-state index in [1.54, 1.807) is 6.92 Å². The van der Waals surface area contributed by atoms with Gasteiger partial charge >= 0.3 is 5.97 Å². The van der Waals surface area contributed by atoms with E-state index in [2.05, 4.69) is 0 Å².